The Labute approximate surface area is 178 Å². The first kappa shape index (κ1) is 22.6. The van der Waals surface area contributed by atoms with E-state index in [9.17, 15) is 18.0 Å². The molecule has 0 bridgehead atoms. The fraction of sp³-hybridized carbons (Fsp3) is 0.619. The molecule has 1 saturated heterocycles. The number of nitrogens with zero attached hydrogens (tertiary/aromatic N) is 2. The summed E-state index contributed by atoms with van der Waals surface area (Å²) in [7, 11) is -2.99. The molecule has 9 heteroatoms. The molecule has 0 radical (unpaired) electrons. The second kappa shape index (κ2) is 9.78. The molecule has 1 heterocycles. The molecule has 2 aliphatic rings. The van der Waals surface area contributed by atoms with Gasteiger partial charge in [0.15, 0.2) is 0 Å². The van der Waals surface area contributed by atoms with Gasteiger partial charge in [0.2, 0.25) is 5.91 Å². The van der Waals surface area contributed by atoms with Crippen molar-refractivity contribution in [1.29, 1.82) is 0 Å². The highest BCUT2D eigenvalue weighted by molar-refractivity contribution is 7.90. The van der Waals surface area contributed by atoms with Crippen LogP contribution in [0.15, 0.2) is 30.3 Å². The number of nitrogens with one attached hydrogen (secondary N) is 2. The molecule has 1 aliphatic carbocycles. The maximum absolute atomic E-state index is 13.3. The van der Waals surface area contributed by atoms with Crippen molar-refractivity contribution < 1.29 is 18.0 Å². The smallest absolute Gasteiger partial charge is 0.315 e. The van der Waals surface area contributed by atoms with Crippen LogP contribution >= 0.6 is 0 Å². The summed E-state index contributed by atoms with van der Waals surface area (Å²) < 4.78 is 22.7. The number of hydrogen-bond acceptors (Lipinski definition) is 5. The van der Waals surface area contributed by atoms with Gasteiger partial charge in [-0.2, -0.15) is 0 Å². The number of hydrogen-bond donors (Lipinski definition) is 2. The summed E-state index contributed by atoms with van der Waals surface area (Å²) in [4.78, 5) is 29.8. The zero-order valence-corrected chi connectivity index (χ0v) is 18.4. The Balaban J connectivity index is 1.53. The van der Waals surface area contributed by atoms with E-state index < -0.39 is 15.4 Å². The first-order chi connectivity index (χ1) is 14.3. The maximum Gasteiger partial charge on any atom is 0.315 e. The van der Waals surface area contributed by atoms with Crippen molar-refractivity contribution in [1.82, 2.24) is 20.4 Å². The zero-order chi connectivity index (χ0) is 21.6. The summed E-state index contributed by atoms with van der Waals surface area (Å²) in [5, 5.41) is 5.84. The third kappa shape index (κ3) is 6.18. The summed E-state index contributed by atoms with van der Waals surface area (Å²) in [6.07, 6.45) is 4.38. The molecule has 30 heavy (non-hydrogen) atoms. The summed E-state index contributed by atoms with van der Waals surface area (Å²) in [5.41, 5.74) is 0.167. The van der Waals surface area contributed by atoms with Crippen molar-refractivity contribution in [2.45, 2.75) is 37.8 Å². The van der Waals surface area contributed by atoms with E-state index in [2.05, 4.69) is 15.5 Å². The molecule has 0 atom stereocenters. The minimum atomic E-state index is -2.99. The van der Waals surface area contributed by atoms with E-state index in [1.165, 1.54) is 6.26 Å². The minimum Gasteiger partial charge on any atom is -0.338 e. The van der Waals surface area contributed by atoms with Gasteiger partial charge in [-0.1, -0.05) is 43.2 Å². The predicted molar refractivity (Wildman–Crippen MR) is 116 cm³/mol. The molecule has 1 aromatic carbocycles. The quantitative estimate of drug-likeness (QED) is 0.664. The van der Waals surface area contributed by atoms with Gasteiger partial charge in [-0.15, -0.1) is 0 Å². The molecule has 2 N–H and O–H groups in total. The molecule has 0 spiro atoms. The monoisotopic (exact) mass is 436 g/mol. The van der Waals surface area contributed by atoms with Gasteiger partial charge in [-0.25, -0.2) is 13.2 Å². The third-order valence-corrected chi connectivity index (χ3v) is 6.88. The van der Waals surface area contributed by atoms with Crippen LogP contribution in [-0.4, -0.2) is 80.4 Å². The molecule has 0 aromatic heterocycles. The van der Waals surface area contributed by atoms with Crippen LogP contribution in [0, 0.1) is 0 Å². The number of amides is 3. The summed E-state index contributed by atoms with van der Waals surface area (Å²) in [6.45, 7) is 3.31. The number of sulfone groups is 1. The van der Waals surface area contributed by atoms with Crippen LogP contribution in [0.2, 0.25) is 0 Å². The number of piperazine rings is 1. The van der Waals surface area contributed by atoms with Crippen LogP contribution in [0.25, 0.3) is 0 Å². The number of benzene rings is 1. The van der Waals surface area contributed by atoms with Crippen molar-refractivity contribution in [3.8, 4) is 0 Å². The normalized spacial score (nSPS) is 19.4. The molecule has 1 saturated carbocycles. The van der Waals surface area contributed by atoms with Crippen LogP contribution in [-0.2, 0) is 21.2 Å². The van der Waals surface area contributed by atoms with Crippen molar-refractivity contribution in [3.63, 3.8) is 0 Å². The van der Waals surface area contributed by atoms with E-state index in [0.29, 0.717) is 52.1 Å². The van der Waals surface area contributed by atoms with Gasteiger partial charge in [0, 0.05) is 45.5 Å². The molecule has 2 fully saturated rings. The molecule has 8 nitrogen and oxygen atoms in total. The van der Waals surface area contributed by atoms with E-state index >= 15 is 0 Å². The van der Waals surface area contributed by atoms with Crippen LogP contribution in [0.3, 0.4) is 0 Å². The van der Waals surface area contributed by atoms with Gasteiger partial charge < -0.3 is 15.5 Å². The lowest BCUT2D eigenvalue weighted by molar-refractivity contribution is -0.139. The highest BCUT2D eigenvalue weighted by Gasteiger charge is 2.45. The van der Waals surface area contributed by atoms with Crippen LogP contribution in [0.4, 0.5) is 4.79 Å². The summed E-state index contributed by atoms with van der Waals surface area (Å²) in [6, 6.07) is 9.34. The number of urea groups is 1. The number of carbonyl (C=O) groups excluding carboxylic acids is 2. The Bertz CT molecular complexity index is 830. The van der Waals surface area contributed by atoms with Crippen LogP contribution in [0.5, 0.6) is 0 Å². The highest BCUT2D eigenvalue weighted by atomic mass is 32.2. The third-order valence-electron chi connectivity index (χ3n) is 5.95. The summed E-state index contributed by atoms with van der Waals surface area (Å²) >= 11 is 0. The first-order valence-corrected chi connectivity index (χ1v) is 12.6. The largest absolute Gasteiger partial charge is 0.338 e. The molecule has 3 amide bonds. The second-order valence-corrected chi connectivity index (χ2v) is 10.6. The standard InChI is InChI=1S/C21H32N4O4S/c1-30(28,29)16-15-24-11-13-25(14-12-24)19(26)21(9-5-6-10-21)23-20(27)22-17-18-7-3-2-4-8-18/h2-4,7-8H,5-6,9-17H2,1H3,(H2,22,23,27). The molecule has 1 aromatic rings. The number of rotatable bonds is 7. The molecular weight excluding hydrogens is 404 g/mol. The van der Waals surface area contributed by atoms with E-state index in [0.717, 1.165) is 18.4 Å². The zero-order valence-electron chi connectivity index (χ0n) is 17.6. The van der Waals surface area contributed by atoms with Gasteiger partial charge in [0.1, 0.15) is 15.4 Å². The minimum absolute atomic E-state index is 0.0161. The lowest BCUT2D eigenvalue weighted by Gasteiger charge is -2.40. The van der Waals surface area contributed by atoms with Crippen molar-refractivity contribution in [2.75, 3.05) is 44.7 Å². The van der Waals surface area contributed by atoms with Gasteiger partial charge in [0.25, 0.3) is 0 Å². The van der Waals surface area contributed by atoms with Gasteiger partial charge in [0.05, 0.1) is 5.75 Å². The van der Waals surface area contributed by atoms with Crippen molar-refractivity contribution in [2.24, 2.45) is 0 Å². The topological polar surface area (TPSA) is 98.8 Å². The Morgan fingerprint density at radius 3 is 2.27 bits per heavy atom. The Kier molecular flexibility index (Phi) is 7.36. The lowest BCUT2D eigenvalue weighted by Crippen LogP contribution is -2.62. The van der Waals surface area contributed by atoms with E-state index in [4.69, 9.17) is 0 Å². The Hall–Kier alpha value is -2.13. The van der Waals surface area contributed by atoms with Crippen LogP contribution < -0.4 is 10.6 Å². The van der Waals surface area contributed by atoms with Gasteiger partial charge in [-0.05, 0) is 18.4 Å². The van der Waals surface area contributed by atoms with Crippen molar-refractivity contribution >= 4 is 21.8 Å². The molecule has 1 aliphatic heterocycles. The average molecular weight is 437 g/mol. The van der Waals surface area contributed by atoms with Crippen LogP contribution in [0.1, 0.15) is 31.2 Å². The maximum atomic E-state index is 13.3. The molecule has 0 unspecified atom stereocenters. The lowest BCUT2D eigenvalue weighted by atomic mass is 9.95. The first-order valence-electron chi connectivity index (χ1n) is 10.6. The molecule has 166 valence electrons. The fourth-order valence-electron chi connectivity index (χ4n) is 4.18. The number of carbonyl (C=O) groups is 2. The fourth-order valence-corrected chi connectivity index (χ4v) is 4.77. The van der Waals surface area contributed by atoms with Gasteiger partial charge >= 0.3 is 6.03 Å². The van der Waals surface area contributed by atoms with Crippen molar-refractivity contribution in [3.05, 3.63) is 35.9 Å². The molecular formula is C21H32N4O4S. The average Bonchev–Trinajstić information content (AvgIpc) is 3.20. The van der Waals surface area contributed by atoms with E-state index in [1.807, 2.05) is 35.2 Å². The predicted octanol–water partition coefficient (Wildman–Crippen LogP) is 0.987. The molecule has 3 rings (SSSR count). The Morgan fingerprint density at radius 2 is 1.67 bits per heavy atom. The van der Waals surface area contributed by atoms with E-state index in [1.54, 1.807) is 0 Å². The summed E-state index contributed by atoms with van der Waals surface area (Å²) in [5.74, 6) is 0.117. The van der Waals surface area contributed by atoms with E-state index in [-0.39, 0.29) is 17.7 Å². The second-order valence-electron chi connectivity index (χ2n) is 8.35. The highest BCUT2D eigenvalue weighted by Crippen LogP contribution is 2.32. The Morgan fingerprint density at radius 1 is 1.03 bits per heavy atom. The van der Waals surface area contributed by atoms with Gasteiger partial charge in [-0.3, -0.25) is 9.69 Å². The SMILES string of the molecule is CS(=O)(=O)CCN1CCN(C(=O)C2(NC(=O)NCc3ccccc3)CCCC2)CC1.